The number of anilines is 1. The van der Waals surface area contributed by atoms with Gasteiger partial charge in [0.15, 0.2) is 0 Å². The van der Waals surface area contributed by atoms with E-state index in [9.17, 15) is 9.59 Å². The standard InChI is InChI=1S/C31H25BCl2N2O4/c1-39-21-7-9-22(10-8-21)40-27-12-5-18(32)14-23(27)29-31(24-11-6-20(34)15-26(24)35-30(31)38)25(16-28(37)36-29)17-3-2-4-19(33)13-17/h2-12,14-15,17,25,29H,13,16H2,1H3,(H,35,38)(H,36,37)/t17-,25?,29-,31+/m1/s1. The molecule has 0 bridgehead atoms. The highest BCUT2D eigenvalue weighted by atomic mass is 35.5. The fraction of sp³-hybridized carbons (Fsp3) is 0.226. The molecule has 2 N–H and O–H groups in total. The molecule has 0 saturated carbocycles. The first-order valence-corrected chi connectivity index (χ1v) is 13.7. The number of hydrogen-bond donors (Lipinski definition) is 2. The van der Waals surface area contributed by atoms with E-state index in [0.29, 0.717) is 50.4 Å². The number of piperidine rings is 1. The molecule has 2 aliphatic heterocycles. The Morgan fingerprint density at radius 3 is 2.50 bits per heavy atom. The van der Waals surface area contributed by atoms with E-state index in [0.717, 1.165) is 5.56 Å². The number of carbonyl (C=O) groups excluding carboxylic acids is 2. The number of fused-ring (bicyclic) bond motifs is 2. The Hall–Kier alpha value is -3.68. The summed E-state index contributed by atoms with van der Waals surface area (Å²) in [6.45, 7) is 0. The van der Waals surface area contributed by atoms with Gasteiger partial charge < -0.3 is 20.1 Å². The van der Waals surface area contributed by atoms with Gasteiger partial charge in [-0.05, 0) is 72.4 Å². The number of carbonyl (C=O) groups is 2. The van der Waals surface area contributed by atoms with Gasteiger partial charge in [0, 0.05) is 27.7 Å². The molecule has 2 heterocycles. The van der Waals surface area contributed by atoms with Crippen molar-refractivity contribution in [2.45, 2.75) is 24.3 Å². The SMILES string of the molecule is [B]c1ccc(Oc2ccc(OC)cc2)c([C@H]2NC(=O)CC([C@@H]3C=CC=C(Cl)C3)[C@]23C(=O)Nc2cc(Cl)ccc23)c1. The monoisotopic (exact) mass is 570 g/mol. The first kappa shape index (κ1) is 26.5. The van der Waals surface area contributed by atoms with Crippen molar-refractivity contribution in [3.05, 3.63) is 100 Å². The average molecular weight is 571 g/mol. The van der Waals surface area contributed by atoms with Crippen molar-refractivity contribution in [1.29, 1.82) is 0 Å². The molecular weight excluding hydrogens is 546 g/mol. The molecule has 1 unspecified atom stereocenters. The number of halogens is 2. The van der Waals surface area contributed by atoms with Gasteiger partial charge in [-0.15, -0.1) is 0 Å². The number of benzene rings is 3. The van der Waals surface area contributed by atoms with Gasteiger partial charge in [0.2, 0.25) is 11.8 Å². The highest BCUT2D eigenvalue weighted by molar-refractivity contribution is 6.32. The number of ether oxygens (including phenoxy) is 2. The van der Waals surface area contributed by atoms with Crippen LogP contribution in [0.15, 0.2) is 83.9 Å². The van der Waals surface area contributed by atoms with Crippen LogP contribution in [0.2, 0.25) is 5.02 Å². The van der Waals surface area contributed by atoms with Crippen LogP contribution in [-0.4, -0.2) is 26.8 Å². The number of rotatable bonds is 5. The van der Waals surface area contributed by atoms with Gasteiger partial charge in [-0.25, -0.2) is 0 Å². The van der Waals surface area contributed by atoms with E-state index < -0.39 is 17.4 Å². The van der Waals surface area contributed by atoms with Gasteiger partial charge in [0.05, 0.1) is 13.2 Å². The molecule has 0 aromatic heterocycles. The number of amides is 2. The highest BCUT2D eigenvalue weighted by Crippen LogP contribution is 2.58. The molecule has 200 valence electrons. The van der Waals surface area contributed by atoms with Crippen molar-refractivity contribution < 1.29 is 19.1 Å². The summed E-state index contributed by atoms with van der Waals surface area (Å²) in [4.78, 5) is 27.7. The number of methoxy groups -OCH3 is 1. The normalized spacial score (nSPS) is 25.2. The number of allylic oxidation sites excluding steroid dienone is 4. The molecule has 40 heavy (non-hydrogen) atoms. The van der Waals surface area contributed by atoms with Crippen LogP contribution in [0.25, 0.3) is 0 Å². The second-order valence-electron chi connectivity index (χ2n) is 10.3. The van der Waals surface area contributed by atoms with E-state index in [1.807, 2.05) is 24.3 Å². The van der Waals surface area contributed by atoms with Gasteiger partial charge in [-0.3, -0.25) is 9.59 Å². The summed E-state index contributed by atoms with van der Waals surface area (Å²) in [5, 5.41) is 7.37. The molecule has 6 nitrogen and oxygen atoms in total. The van der Waals surface area contributed by atoms with Crippen molar-refractivity contribution in [2.24, 2.45) is 11.8 Å². The van der Waals surface area contributed by atoms with Crippen molar-refractivity contribution in [3.63, 3.8) is 0 Å². The molecule has 1 aliphatic carbocycles. The Morgan fingerprint density at radius 2 is 1.75 bits per heavy atom. The Labute approximate surface area is 243 Å². The van der Waals surface area contributed by atoms with E-state index in [1.165, 1.54) is 0 Å². The lowest BCUT2D eigenvalue weighted by molar-refractivity contribution is -0.135. The van der Waals surface area contributed by atoms with Gasteiger partial charge in [-0.1, -0.05) is 59.0 Å². The zero-order valence-electron chi connectivity index (χ0n) is 21.6. The predicted molar refractivity (Wildman–Crippen MR) is 157 cm³/mol. The minimum atomic E-state index is -1.19. The topological polar surface area (TPSA) is 76.7 Å². The minimum absolute atomic E-state index is 0.141. The van der Waals surface area contributed by atoms with E-state index in [4.69, 9.17) is 40.5 Å². The molecule has 3 aliphatic rings. The van der Waals surface area contributed by atoms with Crippen LogP contribution in [0.4, 0.5) is 5.69 Å². The molecule has 2 amide bonds. The van der Waals surface area contributed by atoms with E-state index in [-0.39, 0.29) is 24.2 Å². The van der Waals surface area contributed by atoms with E-state index in [2.05, 4.69) is 10.6 Å². The van der Waals surface area contributed by atoms with Crippen LogP contribution in [-0.2, 0) is 15.0 Å². The maximum absolute atomic E-state index is 14.3. The summed E-state index contributed by atoms with van der Waals surface area (Å²) in [6, 6.07) is 17.0. The molecule has 1 fully saturated rings. The molecule has 4 atom stereocenters. The lowest BCUT2D eigenvalue weighted by Gasteiger charge is -2.49. The van der Waals surface area contributed by atoms with Crippen LogP contribution >= 0.6 is 23.2 Å². The summed E-state index contributed by atoms with van der Waals surface area (Å²) in [5.41, 5.74) is 1.25. The molecular formula is C31H25BCl2N2O4. The third kappa shape index (κ3) is 4.47. The number of nitrogens with one attached hydrogen (secondary N) is 2. The fourth-order valence-electron chi connectivity index (χ4n) is 6.30. The van der Waals surface area contributed by atoms with Gasteiger partial charge in [-0.2, -0.15) is 0 Å². The second-order valence-corrected chi connectivity index (χ2v) is 11.2. The molecule has 6 rings (SSSR count). The Bertz CT molecular complexity index is 1570. The van der Waals surface area contributed by atoms with Gasteiger partial charge in [0.25, 0.3) is 0 Å². The summed E-state index contributed by atoms with van der Waals surface area (Å²) in [5.74, 6) is 0.751. The van der Waals surface area contributed by atoms with Crippen molar-refractivity contribution in [2.75, 3.05) is 12.4 Å². The van der Waals surface area contributed by atoms with Crippen molar-refractivity contribution >= 4 is 54.0 Å². The van der Waals surface area contributed by atoms with Crippen LogP contribution in [0.1, 0.15) is 30.0 Å². The molecule has 2 radical (unpaired) electrons. The summed E-state index contributed by atoms with van der Waals surface area (Å²) >= 11 is 12.8. The van der Waals surface area contributed by atoms with Crippen LogP contribution < -0.4 is 25.6 Å². The Kier molecular flexibility index (Phi) is 6.89. The molecule has 9 heteroatoms. The zero-order valence-corrected chi connectivity index (χ0v) is 23.1. The predicted octanol–water partition coefficient (Wildman–Crippen LogP) is 5.70. The molecule has 3 aromatic carbocycles. The van der Waals surface area contributed by atoms with Crippen LogP contribution in [0.3, 0.4) is 0 Å². The maximum atomic E-state index is 14.3. The average Bonchev–Trinajstić information content (AvgIpc) is 3.22. The fourth-order valence-corrected chi connectivity index (χ4v) is 6.72. The second kappa shape index (κ2) is 10.4. The third-order valence-corrected chi connectivity index (χ3v) is 8.53. The van der Waals surface area contributed by atoms with Crippen molar-refractivity contribution in [1.82, 2.24) is 5.32 Å². The first-order chi connectivity index (χ1) is 19.3. The molecule has 1 spiro atoms. The first-order valence-electron chi connectivity index (χ1n) is 12.9. The summed E-state index contributed by atoms with van der Waals surface area (Å²) < 4.78 is 11.6. The van der Waals surface area contributed by atoms with Gasteiger partial charge in [0.1, 0.15) is 30.5 Å². The van der Waals surface area contributed by atoms with Crippen LogP contribution in [0.5, 0.6) is 17.2 Å². The Balaban J connectivity index is 1.54. The van der Waals surface area contributed by atoms with Crippen molar-refractivity contribution in [3.8, 4) is 17.2 Å². The third-order valence-electron chi connectivity index (χ3n) is 8.02. The number of hydrogen-bond acceptors (Lipinski definition) is 4. The zero-order chi connectivity index (χ0) is 28.0. The minimum Gasteiger partial charge on any atom is -0.497 e. The smallest absolute Gasteiger partial charge is 0.237 e. The summed E-state index contributed by atoms with van der Waals surface area (Å²) in [6.07, 6.45) is 6.42. The maximum Gasteiger partial charge on any atom is 0.237 e. The van der Waals surface area contributed by atoms with Crippen LogP contribution in [0, 0.1) is 11.8 Å². The lowest BCUT2D eigenvalue weighted by atomic mass is 9.56. The lowest BCUT2D eigenvalue weighted by Crippen LogP contribution is -2.59. The largest absolute Gasteiger partial charge is 0.497 e. The quantitative estimate of drug-likeness (QED) is 0.386. The summed E-state index contributed by atoms with van der Waals surface area (Å²) in [7, 11) is 7.89. The van der Waals surface area contributed by atoms with E-state index >= 15 is 0 Å². The molecule has 3 aromatic rings. The van der Waals surface area contributed by atoms with Gasteiger partial charge >= 0.3 is 0 Å². The Morgan fingerprint density at radius 1 is 0.975 bits per heavy atom. The highest BCUT2D eigenvalue weighted by Gasteiger charge is 2.62. The molecule has 1 saturated heterocycles. The van der Waals surface area contributed by atoms with E-state index in [1.54, 1.807) is 61.7 Å².